The average molecular weight is 344 g/mol. The van der Waals surface area contributed by atoms with Crippen molar-refractivity contribution in [2.75, 3.05) is 0 Å². The number of aromatic carboxylic acids is 1. The van der Waals surface area contributed by atoms with Crippen LogP contribution >= 0.6 is 15.9 Å². The van der Waals surface area contributed by atoms with Gasteiger partial charge >= 0.3 is 5.97 Å². The van der Waals surface area contributed by atoms with Gasteiger partial charge in [0.1, 0.15) is 11.3 Å². The Morgan fingerprint density at radius 3 is 2.38 bits per heavy atom. The van der Waals surface area contributed by atoms with E-state index in [1.54, 1.807) is 29.2 Å². The highest BCUT2D eigenvalue weighted by molar-refractivity contribution is 9.10. The van der Waals surface area contributed by atoms with E-state index in [0.29, 0.717) is 5.69 Å². The second-order valence-electron chi connectivity index (χ2n) is 4.35. The predicted molar refractivity (Wildman–Crippen MR) is 81.5 cm³/mol. The van der Waals surface area contributed by atoms with Crippen LogP contribution in [0.1, 0.15) is 10.4 Å². The Balaban J connectivity index is 2.13. The highest BCUT2D eigenvalue weighted by Gasteiger charge is 2.17. The van der Waals surface area contributed by atoms with Crippen molar-refractivity contribution in [3.05, 3.63) is 65.0 Å². The number of carboxylic acids is 1. The standard InChI is InChI=1S/C15H10BrN3O2/c16-11-1-3-12(4-2-11)19-9-13(15(20)21)14(18-19)10-5-7-17-8-6-10/h1-9H,(H,20,21). The van der Waals surface area contributed by atoms with Gasteiger partial charge in [0.15, 0.2) is 0 Å². The van der Waals surface area contributed by atoms with Crippen LogP contribution < -0.4 is 0 Å². The van der Waals surface area contributed by atoms with E-state index >= 15 is 0 Å². The van der Waals surface area contributed by atoms with Gasteiger partial charge in [-0.2, -0.15) is 5.10 Å². The van der Waals surface area contributed by atoms with Crippen LogP contribution in [0.4, 0.5) is 0 Å². The Labute approximate surface area is 129 Å². The van der Waals surface area contributed by atoms with Gasteiger partial charge in [-0.1, -0.05) is 15.9 Å². The van der Waals surface area contributed by atoms with Crippen LogP contribution in [-0.4, -0.2) is 25.8 Å². The summed E-state index contributed by atoms with van der Waals surface area (Å²) in [7, 11) is 0. The number of carbonyl (C=O) groups is 1. The van der Waals surface area contributed by atoms with Crippen molar-refractivity contribution in [3.8, 4) is 16.9 Å². The van der Waals surface area contributed by atoms with Crippen LogP contribution in [0, 0.1) is 0 Å². The SMILES string of the molecule is O=C(O)c1cn(-c2ccc(Br)cc2)nc1-c1ccncc1. The summed E-state index contributed by atoms with van der Waals surface area (Å²) in [5.41, 5.74) is 2.09. The van der Waals surface area contributed by atoms with Crippen LogP contribution in [0.25, 0.3) is 16.9 Å². The summed E-state index contributed by atoms with van der Waals surface area (Å²) in [6.07, 6.45) is 4.74. The fraction of sp³-hybridized carbons (Fsp3) is 0. The normalized spacial score (nSPS) is 10.5. The number of carboxylic acid groups (broad SMARTS) is 1. The van der Waals surface area contributed by atoms with Crippen LogP contribution in [0.5, 0.6) is 0 Å². The second-order valence-corrected chi connectivity index (χ2v) is 5.27. The minimum Gasteiger partial charge on any atom is -0.478 e. The third-order valence-electron chi connectivity index (χ3n) is 2.99. The molecule has 2 aromatic heterocycles. The van der Waals surface area contributed by atoms with E-state index in [-0.39, 0.29) is 5.56 Å². The highest BCUT2D eigenvalue weighted by Crippen LogP contribution is 2.23. The van der Waals surface area contributed by atoms with Gasteiger partial charge in [0.25, 0.3) is 0 Å². The molecule has 0 spiro atoms. The molecule has 0 saturated heterocycles. The summed E-state index contributed by atoms with van der Waals surface area (Å²) < 4.78 is 2.51. The summed E-state index contributed by atoms with van der Waals surface area (Å²) in [5, 5.41) is 13.7. The van der Waals surface area contributed by atoms with Crippen molar-refractivity contribution in [1.29, 1.82) is 0 Å². The third kappa shape index (κ3) is 2.71. The fourth-order valence-corrected chi connectivity index (χ4v) is 2.24. The first-order valence-corrected chi connectivity index (χ1v) is 6.94. The molecule has 0 radical (unpaired) electrons. The van der Waals surface area contributed by atoms with E-state index in [4.69, 9.17) is 0 Å². The molecule has 0 unspecified atom stereocenters. The molecular weight excluding hydrogens is 334 g/mol. The number of pyridine rings is 1. The van der Waals surface area contributed by atoms with Gasteiger partial charge in [0.2, 0.25) is 0 Å². The molecule has 0 atom stereocenters. The zero-order valence-electron chi connectivity index (χ0n) is 10.8. The van der Waals surface area contributed by atoms with Crippen molar-refractivity contribution in [3.63, 3.8) is 0 Å². The number of halogens is 1. The van der Waals surface area contributed by atoms with Gasteiger partial charge in [0.05, 0.1) is 5.69 Å². The molecule has 0 aliphatic heterocycles. The molecule has 2 heterocycles. The first kappa shape index (κ1) is 13.5. The van der Waals surface area contributed by atoms with Crippen molar-refractivity contribution in [1.82, 2.24) is 14.8 Å². The van der Waals surface area contributed by atoms with Gasteiger partial charge in [-0.15, -0.1) is 0 Å². The van der Waals surface area contributed by atoms with E-state index in [2.05, 4.69) is 26.0 Å². The summed E-state index contributed by atoms with van der Waals surface area (Å²) in [6.45, 7) is 0. The smallest absolute Gasteiger partial charge is 0.339 e. The second kappa shape index (κ2) is 5.49. The lowest BCUT2D eigenvalue weighted by Crippen LogP contribution is -1.96. The van der Waals surface area contributed by atoms with E-state index in [0.717, 1.165) is 15.7 Å². The van der Waals surface area contributed by atoms with Crippen molar-refractivity contribution in [2.45, 2.75) is 0 Å². The lowest BCUT2D eigenvalue weighted by molar-refractivity contribution is 0.0697. The molecule has 1 aromatic carbocycles. The van der Waals surface area contributed by atoms with Gasteiger partial charge in [-0.05, 0) is 36.4 Å². The molecule has 3 rings (SSSR count). The topological polar surface area (TPSA) is 68.0 Å². The number of benzene rings is 1. The van der Waals surface area contributed by atoms with E-state index < -0.39 is 5.97 Å². The Hall–Kier alpha value is -2.47. The molecule has 0 saturated carbocycles. The number of hydrogen-bond donors (Lipinski definition) is 1. The highest BCUT2D eigenvalue weighted by atomic mass is 79.9. The van der Waals surface area contributed by atoms with Gasteiger partial charge < -0.3 is 5.11 Å². The summed E-state index contributed by atoms with van der Waals surface area (Å²) >= 11 is 3.37. The Morgan fingerprint density at radius 2 is 1.76 bits per heavy atom. The molecule has 6 heteroatoms. The number of hydrogen-bond acceptors (Lipinski definition) is 3. The molecule has 0 aliphatic rings. The quantitative estimate of drug-likeness (QED) is 0.791. The van der Waals surface area contributed by atoms with Crippen LogP contribution in [0.15, 0.2) is 59.5 Å². The molecule has 0 fully saturated rings. The first-order chi connectivity index (χ1) is 10.1. The molecule has 0 aliphatic carbocycles. The van der Waals surface area contributed by atoms with Crippen molar-refractivity contribution < 1.29 is 9.90 Å². The van der Waals surface area contributed by atoms with Gasteiger partial charge in [0, 0.05) is 28.6 Å². The Morgan fingerprint density at radius 1 is 1.10 bits per heavy atom. The Bertz CT molecular complexity index is 782. The van der Waals surface area contributed by atoms with Crippen LogP contribution in [-0.2, 0) is 0 Å². The maximum absolute atomic E-state index is 11.4. The molecule has 104 valence electrons. The lowest BCUT2D eigenvalue weighted by Gasteiger charge is -2.01. The minimum absolute atomic E-state index is 0.157. The summed E-state index contributed by atoms with van der Waals surface area (Å²) in [5.74, 6) is -1.01. The van der Waals surface area contributed by atoms with E-state index in [1.165, 1.54) is 6.20 Å². The van der Waals surface area contributed by atoms with Crippen LogP contribution in [0.2, 0.25) is 0 Å². The van der Waals surface area contributed by atoms with Crippen molar-refractivity contribution in [2.24, 2.45) is 0 Å². The summed E-state index contributed by atoms with van der Waals surface area (Å²) in [4.78, 5) is 15.4. The van der Waals surface area contributed by atoms with E-state index in [1.807, 2.05) is 24.3 Å². The fourth-order valence-electron chi connectivity index (χ4n) is 1.98. The molecule has 3 aromatic rings. The zero-order chi connectivity index (χ0) is 14.8. The predicted octanol–water partition coefficient (Wildman–Crippen LogP) is 3.40. The summed E-state index contributed by atoms with van der Waals surface area (Å²) in [6, 6.07) is 11.0. The maximum atomic E-state index is 11.4. The zero-order valence-corrected chi connectivity index (χ0v) is 12.4. The number of rotatable bonds is 3. The first-order valence-electron chi connectivity index (χ1n) is 6.14. The number of aromatic nitrogens is 3. The molecule has 1 N–H and O–H groups in total. The molecule has 21 heavy (non-hydrogen) atoms. The number of nitrogens with zero attached hydrogens (tertiary/aromatic N) is 3. The van der Waals surface area contributed by atoms with Gasteiger partial charge in [-0.3, -0.25) is 4.98 Å². The maximum Gasteiger partial charge on any atom is 0.339 e. The average Bonchev–Trinajstić information content (AvgIpc) is 2.94. The van der Waals surface area contributed by atoms with Gasteiger partial charge in [-0.25, -0.2) is 9.48 Å². The third-order valence-corrected chi connectivity index (χ3v) is 3.52. The molecule has 0 bridgehead atoms. The van der Waals surface area contributed by atoms with E-state index in [9.17, 15) is 9.90 Å². The Kier molecular flexibility index (Phi) is 3.53. The molecular formula is C15H10BrN3O2. The lowest BCUT2D eigenvalue weighted by atomic mass is 10.1. The largest absolute Gasteiger partial charge is 0.478 e. The monoisotopic (exact) mass is 343 g/mol. The minimum atomic E-state index is -1.01. The molecule has 0 amide bonds. The molecule has 5 nitrogen and oxygen atoms in total. The van der Waals surface area contributed by atoms with Crippen LogP contribution in [0.3, 0.4) is 0 Å². The van der Waals surface area contributed by atoms with Crippen molar-refractivity contribution >= 4 is 21.9 Å².